The SMILES string of the molecule is CCNC(=NCCNS(=O)(=O)c1ccccc1)N(C)Cc1ccccc1OC.I. The molecule has 0 amide bonds. The van der Waals surface area contributed by atoms with Crippen LogP contribution in [0.1, 0.15) is 12.5 Å². The minimum atomic E-state index is -3.52. The Labute approximate surface area is 190 Å². The molecule has 2 N–H and O–H groups in total. The van der Waals surface area contributed by atoms with E-state index in [1.807, 2.05) is 43.1 Å². The molecule has 7 nitrogen and oxygen atoms in total. The second kappa shape index (κ2) is 12.7. The zero-order valence-corrected chi connectivity index (χ0v) is 20.1. The number of hydrogen-bond donors (Lipinski definition) is 2. The number of nitrogens with one attached hydrogen (secondary N) is 2. The minimum absolute atomic E-state index is 0. The van der Waals surface area contributed by atoms with Crippen LogP contribution in [-0.4, -0.2) is 53.1 Å². The molecule has 160 valence electrons. The van der Waals surface area contributed by atoms with Crippen molar-refractivity contribution < 1.29 is 13.2 Å². The zero-order chi connectivity index (χ0) is 20.4. The van der Waals surface area contributed by atoms with Gasteiger partial charge in [-0.25, -0.2) is 13.1 Å². The Morgan fingerprint density at radius 1 is 1.10 bits per heavy atom. The van der Waals surface area contributed by atoms with Gasteiger partial charge < -0.3 is 15.0 Å². The first-order valence-corrected chi connectivity index (χ1v) is 10.6. The third kappa shape index (κ3) is 7.82. The first kappa shape index (κ1) is 25.2. The lowest BCUT2D eigenvalue weighted by Gasteiger charge is -2.23. The smallest absolute Gasteiger partial charge is 0.240 e. The Kier molecular flexibility index (Phi) is 11.0. The number of sulfonamides is 1. The maximum Gasteiger partial charge on any atom is 0.240 e. The van der Waals surface area contributed by atoms with Gasteiger partial charge >= 0.3 is 0 Å². The summed E-state index contributed by atoms with van der Waals surface area (Å²) in [4.78, 5) is 6.75. The normalized spacial score (nSPS) is 11.5. The molecule has 0 spiro atoms. The van der Waals surface area contributed by atoms with Crippen molar-refractivity contribution in [2.75, 3.05) is 33.8 Å². The molecule has 9 heteroatoms. The van der Waals surface area contributed by atoms with Gasteiger partial charge in [-0.3, -0.25) is 4.99 Å². The number of benzene rings is 2. The number of rotatable bonds is 9. The molecule has 2 aromatic carbocycles. The average molecular weight is 532 g/mol. The monoisotopic (exact) mass is 532 g/mol. The summed E-state index contributed by atoms with van der Waals surface area (Å²) in [5, 5.41) is 3.23. The Hall–Kier alpha value is -1.85. The maximum absolute atomic E-state index is 12.2. The van der Waals surface area contributed by atoms with Crippen molar-refractivity contribution in [2.24, 2.45) is 4.99 Å². The standard InChI is InChI=1S/C20H28N4O3S.HI/c1-4-21-20(24(2)16-17-10-8-9-13-19(17)27-3)22-14-15-23-28(25,26)18-11-6-5-7-12-18;/h5-13,23H,4,14-16H2,1-3H3,(H,21,22);1H. The summed E-state index contributed by atoms with van der Waals surface area (Å²) in [5.41, 5.74) is 1.04. The van der Waals surface area contributed by atoms with Crippen LogP contribution in [0.5, 0.6) is 5.75 Å². The van der Waals surface area contributed by atoms with Gasteiger partial charge in [-0.1, -0.05) is 36.4 Å². The van der Waals surface area contributed by atoms with E-state index in [9.17, 15) is 8.42 Å². The van der Waals surface area contributed by atoms with Crippen molar-refractivity contribution in [1.29, 1.82) is 0 Å². The molecule has 0 aliphatic carbocycles. The molecule has 0 aliphatic rings. The van der Waals surface area contributed by atoms with Crippen molar-refractivity contribution in [2.45, 2.75) is 18.4 Å². The zero-order valence-electron chi connectivity index (χ0n) is 17.0. The molecule has 0 bridgehead atoms. The number of para-hydroxylation sites is 1. The Morgan fingerprint density at radius 2 is 1.76 bits per heavy atom. The predicted octanol–water partition coefficient (Wildman–Crippen LogP) is 2.69. The fourth-order valence-corrected chi connectivity index (χ4v) is 3.70. The molecule has 0 radical (unpaired) electrons. The van der Waals surface area contributed by atoms with Crippen LogP contribution >= 0.6 is 24.0 Å². The lowest BCUT2D eigenvalue weighted by Crippen LogP contribution is -2.39. The lowest BCUT2D eigenvalue weighted by molar-refractivity contribution is 0.396. The van der Waals surface area contributed by atoms with Gasteiger partial charge in [-0.2, -0.15) is 0 Å². The summed E-state index contributed by atoms with van der Waals surface area (Å²) in [6.45, 7) is 3.86. The number of aliphatic imine (C=N–C) groups is 1. The van der Waals surface area contributed by atoms with Crippen LogP contribution in [-0.2, 0) is 16.6 Å². The van der Waals surface area contributed by atoms with Crippen LogP contribution in [0.2, 0.25) is 0 Å². The van der Waals surface area contributed by atoms with E-state index in [2.05, 4.69) is 15.0 Å². The molecule has 0 heterocycles. The van der Waals surface area contributed by atoms with Crippen LogP contribution in [0.4, 0.5) is 0 Å². The van der Waals surface area contributed by atoms with Gasteiger partial charge in [0.15, 0.2) is 5.96 Å². The van der Waals surface area contributed by atoms with Crippen LogP contribution in [0.3, 0.4) is 0 Å². The molecular formula is C20H29IN4O3S. The van der Waals surface area contributed by atoms with Crippen molar-refractivity contribution in [3.8, 4) is 5.75 Å². The highest BCUT2D eigenvalue weighted by Gasteiger charge is 2.13. The second-order valence-corrected chi connectivity index (χ2v) is 7.88. The first-order valence-electron chi connectivity index (χ1n) is 9.14. The third-order valence-electron chi connectivity index (χ3n) is 4.02. The van der Waals surface area contributed by atoms with Crippen LogP contribution in [0, 0.1) is 0 Å². The third-order valence-corrected chi connectivity index (χ3v) is 5.49. The summed E-state index contributed by atoms with van der Waals surface area (Å²) in [5.74, 6) is 1.52. The Morgan fingerprint density at radius 3 is 2.41 bits per heavy atom. The second-order valence-electron chi connectivity index (χ2n) is 6.11. The molecule has 0 saturated heterocycles. The molecule has 29 heavy (non-hydrogen) atoms. The molecule has 0 saturated carbocycles. The number of ether oxygens (including phenoxy) is 1. The average Bonchev–Trinajstić information content (AvgIpc) is 2.71. The van der Waals surface area contributed by atoms with Crippen LogP contribution in [0.25, 0.3) is 0 Å². The van der Waals surface area contributed by atoms with Gasteiger partial charge in [0.05, 0.1) is 18.6 Å². The largest absolute Gasteiger partial charge is 0.496 e. The minimum Gasteiger partial charge on any atom is -0.496 e. The quantitative estimate of drug-likeness (QED) is 0.225. The molecule has 0 unspecified atom stereocenters. The summed E-state index contributed by atoms with van der Waals surface area (Å²) < 4.78 is 32.5. The first-order chi connectivity index (χ1) is 13.5. The van der Waals surface area contributed by atoms with E-state index >= 15 is 0 Å². The van der Waals surface area contributed by atoms with Crippen molar-refractivity contribution in [1.82, 2.24) is 14.9 Å². The molecule has 0 fully saturated rings. The van der Waals surface area contributed by atoms with Gasteiger partial charge in [0.25, 0.3) is 0 Å². The number of methoxy groups -OCH3 is 1. The van der Waals surface area contributed by atoms with Crippen LogP contribution < -0.4 is 14.8 Å². The molecule has 0 aliphatic heterocycles. The van der Waals surface area contributed by atoms with Gasteiger partial charge in [0.2, 0.25) is 10.0 Å². The van der Waals surface area contributed by atoms with E-state index in [1.54, 1.807) is 37.4 Å². The molecule has 0 aromatic heterocycles. The van der Waals surface area contributed by atoms with E-state index in [0.29, 0.717) is 25.6 Å². The number of hydrogen-bond acceptors (Lipinski definition) is 4. The summed E-state index contributed by atoms with van der Waals surface area (Å²) in [6, 6.07) is 16.1. The number of nitrogens with zero attached hydrogens (tertiary/aromatic N) is 2. The lowest BCUT2D eigenvalue weighted by atomic mass is 10.2. The molecule has 2 aromatic rings. The highest BCUT2D eigenvalue weighted by Crippen LogP contribution is 2.18. The summed E-state index contributed by atoms with van der Waals surface area (Å²) in [6.07, 6.45) is 0. The fraction of sp³-hybridized carbons (Fsp3) is 0.350. The van der Waals surface area contributed by atoms with Crippen molar-refractivity contribution in [3.05, 3.63) is 60.2 Å². The predicted molar refractivity (Wildman–Crippen MR) is 127 cm³/mol. The fourth-order valence-electron chi connectivity index (χ4n) is 2.66. The van der Waals surface area contributed by atoms with E-state index in [4.69, 9.17) is 4.74 Å². The van der Waals surface area contributed by atoms with Gasteiger partial charge in [-0.05, 0) is 25.1 Å². The van der Waals surface area contributed by atoms with E-state index in [-0.39, 0.29) is 35.4 Å². The van der Waals surface area contributed by atoms with Gasteiger partial charge in [-0.15, -0.1) is 24.0 Å². The molecular weight excluding hydrogens is 503 g/mol. The number of halogens is 1. The van der Waals surface area contributed by atoms with E-state index in [0.717, 1.165) is 11.3 Å². The van der Waals surface area contributed by atoms with E-state index in [1.165, 1.54) is 0 Å². The number of guanidine groups is 1. The Balaban J connectivity index is 0.00000420. The summed E-state index contributed by atoms with van der Waals surface area (Å²) in [7, 11) is 0.0643. The molecule has 2 rings (SSSR count). The van der Waals surface area contributed by atoms with Crippen LogP contribution in [0.15, 0.2) is 64.5 Å². The van der Waals surface area contributed by atoms with Crippen molar-refractivity contribution >= 4 is 40.0 Å². The molecule has 0 atom stereocenters. The topological polar surface area (TPSA) is 83.0 Å². The highest BCUT2D eigenvalue weighted by atomic mass is 127. The van der Waals surface area contributed by atoms with Gasteiger partial charge in [0.1, 0.15) is 5.75 Å². The van der Waals surface area contributed by atoms with E-state index < -0.39 is 10.0 Å². The maximum atomic E-state index is 12.2. The highest BCUT2D eigenvalue weighted by molar-refractivity contribution is 14.0. The van der Waals surface area contributed by atoms with Crippen molar-refractivity contribution in [3.63, 3.8) is 0 Å². The van der Waals surface area contributed by atoms with Gasteiger partial charge in [0, 0.05) is 32.2 Å². The summed E-state index contributed by atoms with van der Waals surface area (Å²) >= 11 is 0. The Bertz CT molecular complexity index is 876.